The molecule has 1 heterocycles. The second-order valence-corrected chi connectivity index (χ2v) is 6.89. The van der Waals surface area contributed by atoms with Gasteiger partial charge in [-0.15, -0.1) is 24.0 Å². The molecule has 0 unspecified atom stereocenters. The van der Waals surface area contributed by atoms with Crippen LogP contribution in [0.3, 0.4) is 0 Å². The van der Waals surface area contributed by atoms with Crippen LogP contribution in [-0.4, -0.2) is 58.0 Å². The predicted octanol–water partition coefficient (Wildman–Crippen LogP) is 3.22. The number of methoxy groups -OCH3 is 2. The smallest absolute Gasteiger partial charge is 0.195 e. The van der Waals surface area contributed by atoms with Gasteiger partial charge < -0.3 is 24.8 Å². The molecule has 2 N–H and O–H groups in total. The molecule has 1 aliphatic heterocycles. The Morgan fingerprint density at radius 2 is 1.92 bits per heavy atom. The number of nitrogens with zero attached hydrogens (tertiary/aromatic N) is 1. The number of ether oxygens (including phenoxy) is 3. The molecule has 1 saturated heterocycles. The van der Waals surface area contributed by atoms with Gasteiger partial charge in [0.15, 0.2) is 17.5 Å². The molecule has 0 atom stereocenters. The summed E-state index contributed by atoms with van der Waals surface area (Å²) in [6, 6.07) is 5.70. The summed E-state index contributed by atoms with van der Waals surface area (Å²) < 4.78 is 16.3. The molecule has 6 nitrogen and oxygen atoms in total. The summed E-state index contributed by atoms with van der Waals surface area (Å²) in [7, 11) is 5.02. The van der Waals surface area contributed by atoms with Crippen molar-refractivity contribution in [2.75, 3.05) is 52.6 Å². The fourth-order valence-corrected chi connectivity index (χ4v) is 3.46. The van der Waals surface area contributed by atoms with E-state index >= 15 is 0 Å². The molecule has 1 aromatic carbocycles. The van der Waals surface area contributed by atoms with Crippen LogP contribution in [0.1, 0.15) is 12.8 Å². The monoisotopic (exact) mass is 481 g/mol. The van der Waals surface area contributed by atoms with E-state index in [2.05, 4.69) is 21.9 Å². The molecule has 0 spiro atoms. The molecular formula is C17H28IN3O3S. The second kappa shape index (κ2) is 11.0. The van der Waals surface area contributed by atoms with E-state index in [0.717, 1.165) is 44.2 Å². The first-order valence-electron chi connectivity index (χ1n) is 7.99. The number of hydrogen-bond acceptors (Lipinski definition) is 5. The van der Waals surface area contributed by atoms with Crippen molar-refractivity contribution in [3.63, 3.8) is 0 Å². The summed E-state index contributed by atoms with van der Waals surface area (Å²) >= 11 is 1.90. The Balaban J connectivity index is 0.00000312. The third kappa shape index (κ3) is 6.10. The molecule has 0 aliphatic carbocycles. The van der Waals surface area contributed by atoms with Crippen LogP contribution in [0, 0.1) is 0 Å². The molecular weight excluding hydrogens is 453 g/mol. The number of rotatable bonds is 6. The predicted molar refractivity (Wildman–Crippen MR) is 116 cm³/mol. The van der Waals surface area contributed by atoms with Gasteiger partial charge >= 0.3 is 0 Å². The lowest BCUT2D eigenvalue weighted by molar-refractivity contribution is 0.0783. The van der Waals surface area contributed by atoms with Gasteiger partial charge in [0, 0.05) is 43.3 Å². The van der Waals surface area contributed by atoms with Crippen LogP contribution in [-0.2, 0) is 4.74 Å². The summed E-state index contributed by atoms with van der Waals surface area (Å²) in [5, 5.41) is 6.73. The van der Waals surface area contributed by atoms with Crippen molar-refractivity contribution < 1.29 is 14.2 Å². The highest BCUT2D eigenvalue weighted by molar-refractivity contribution is 14.0. The molecule has 0 radical (unpaired) electrons. The summed E-state index contributed by atoms with van der Waals surface area (Å²) in [6.07, 6.45) is 4.26. The van der Waals surface area contributed by atoms with Crippen LogP contribution < -0.4 is 20.1 Å². The van der Waals surface area contributed by atoms with Gasteiger partial charge in [-0.3, -0.25) is 4.99 Å². The second-order valence-electron chi connectivity index (χ2n) is 5.62. The van der Waals surface area contributed by atoms with Crippen LogP contribution in [0.4, 0.5) is 5.69 Å². The van der Waals surface area contributed by atoms with E-state index in [1.54, 1.807) is 21.3 Å². The Labute approximate surface area is 171 Å². The molecule has 142 valence electrons. The normalized spacial score (nSPS) is 16.6. The van der Waals surface area contributed by atoms with Crippen molar-refractivity contribution in [1.82, 2.24) is 5.32 Å². The van der Waals surface area contributed by atoms with E-state index < -0.39 is 0 Å². The van der Waals surface area contributed by atoms with E-state index in [0.29, 0.717) is 11.5 Å². The summed E-state index contributed by atoms with van der Waals surface area (Å²) in [6.45, 7) is 2.50. The number of hydrogen-bond donors (Lipinski definition) is 2. The first kappa shape index (κ1) is 22.2. The molecule has 0 saturated carbocycles. The summed E-state index contributed by atoms with van der Waals surface area (Å²) in [5.74, 6) is 2.12. The lowest BCUT2D eigenvalue weighted by Crippen LogP contribution is -2.45. The average Bonchev–Trinajstić information content (AvgIpc) is 2.65. The van der Waals surface area contributed by atoms with Gasteiger partial charge in [0.25, 0.3) is 0 Å². The van der Waals surface area contributed by atoms with Gasteiger partial charge in [-0.2, -0.15) is 11.8 Å². The lowest BCUT2D eigenvalue weighted by Gasteiger charge is -2.36. The van der Waals surface area contributed by atoms with E-state index in [1.807, 2.05) is 30.0 Å². The number of halogens is 1. The van der Waals surface area contributed by atoms with E-state index in [4.69, 9.17) is 14.2 Å². The number of thioether (sulfide) groups is 1. The number of guanidine groups is 1. The first-order valence-corrected chi connectivity index (χ1v) is 9.21. The molecule has 0 bridgehead atoms. The molecule has 2 rings (SSSR count). The van der Waals surface area contributed by atoms with Crippen LogP contribution in [0.2, 0.25) is 0 Å². The quantitative estimate of drug-likeness (QED) is 0.370. The molecule has 8 heteroatoms. The van der Waals surface area contributed by atoms with Gasteiger partial charge in [-0.05, 0) is 31.2 Å². The lowest BCUT2D eigenvalue weighted by atomic mass is 9.99. The van der Waals surface area contributed by atoms with Crippen molar-refractivity contribution in [3.8, 4) is 11.5 Å². The van der Waals surface area contributed by atoms with Crippen LogP contribution >= 0.6 is 35.7 Å². The van der Waals surface area contributed by atoms with E-state index in [-0.39, 0.29) is 28.7 Å². The zero-order valence-corrected chi connectivity index (χ0v) is 18.4. The highest BCUT2D eigenvalue weighted by atomic mass is 127. The van der Waals surface area contributed by atoms with E-state index in [9.17, 15) is 0 Å². The van der Waals surface area contributed by atoms with Gasteiger partial charge in [-0.25, -0.2) is 0 Å². The Hall–Kier alpha value is -0.870. The maximum absolute atomic E-state index is 5.49. The third-order valence-electron chi connectivity index (χ3n) is 4.28. The first-order chi connectivity index (χ1) is 11.7. The minimum absolute atomic E-state index is 0. The number of anilines is 1. The van der Waals surface area contributed by atoms with Gasteiger partial charge in [-0.1, -0.05) is 0 Å². The Kier molecular flexibility index (Phi) is 9.73. The fraction of sp³-hybridized carbons (Fsp3) is 0.588. The Morgan fingerprint density at radius 1 is 1.24 bits per heavy atom. The summed E-state index contributed by atoms with van der Waals surface area (Å²) in [5.41, 5.74) is 0.894. The molecule has 25 heavy (non-hydrogen) atoms. The minimum atomic E-state index is 0. The minimum Gasteiger partial charge on any atom is -0.493 e. The highest BCUT2D eigenvalue weighted by Gasteiger charge is 2.31. The fourth-order valence-electron chi connectivity index (χ4n) is 2.67. The van der Waals surface area contributed by atoms with Gasteiger partial charge in [0.1, 0.15) is 0 Å². The van der Waals surface area contributed by atoms with Gasteiger partial charge in [0.2, 0.25) is 0 Å². The largest absolute Gasteiger partial charge is 0.493 e. The van der Waals surface area contributed by atoms with Crippen molar-refractivity contribution in [2.45, 2.75) is 17.6 Å². The number of aliphatic imine (C=N–C) groups is 1. The molecule has 1 aliphatic rings. The SMILES string of the molecule is CN=C(NCC1(SC)CCOCC1)Nc1ccc(OC)c(OC)c1.I. The van der Waals surface area contributed by atoms with E-state index in [1.165, 1.54) is 0 Å². The Bertz CT molecular complexity index is 566. The molecule has 1 fully saturated rings. The maximum Gasteiger partial charge on any atom is 0.195 e. The molecule has 1 aromatic rings. The topological polar surface area (TPSA) is 64.1 Å². The standard InChI is InChI=1S/C17H27N3O3S.HI/c1-18-16(19-12-17(24-4)7-9-23-10-8-17)20-13-5-6-14(21-2)15(11-13)22-3;/h5-6,11H,7-10,12H2,1-4H3,(H2,18,19,20);1H. The third-order valence-corrected chi connectivity index (χ3v) is 5.70. The zero-order chi connectivity index (χ0) is 17.4. The van der Waals surface area contributed by atoms with Crippen molar-refractivity contribution in [1.29, 1.82) is 0 Å². The molecule has 0 amide bonds. The zero-order valence-electron chi connectivity index (χ0n) is 15.3. The summed E-state index contributed by atoms with van der Waals surface area (Å²) in [4.78, 5) is 4.31. The Morgan fingerprint density at radius 3 is 2.48 bits per heavy atom. The average molecular weight is 481 g/mol. The number of nitrogens with one attached hydrogen (secondary N) is 2. The van der Waals surface area contributed by atoms with Crippen molar-refractivity contribution in [2.24, 2.45) is 4.99 Å². The van der Waals surface area contributed by atoms with Crippen molar-refractivity contribution >= 4 is 47.4 Å². The number of benzene rings is 1. The van der Waals surface area contributed by atoms with Crippen LogP contribution in [0.25, 0.3) is 0 Å². The maximum atomic E-state index is 5.49. The van der Waals surface area contributed by atoms with Crippen LogP contribution in [0.15, 0.2) is 23.2 Å². The van der Waals surface area contributed by atoms with Crippen molar-refractivity contribution in [3.05, 3.63) is 18.2 Å². The van der Waals surface area contributed by atoms with Crippen LogP contribution in [0.5, 0.6) is 11.5 Å². The van der Waals surface area contributed by atoms with Gasteiger partial charge in [0.05, 0.1) is 14.2 Å². The highest BCUT2D eigenvalue weighted by Crippen LogP contribution is 2.33. The molecule has 0 aromatic heterocycles.